The number of aliphatic hydroxyl groups is 1. The molecule has 2 nitrogen and oxygen atoms in total. The highest BCUT2D eigenvalue weighted by atomic mass is 16.6. The van der Waals surface area contributed by atoms with Crippen LogP contribution in [0.15, 0.2) is 0 Å². The molecule has 0 bridgehead atoms. The second kappa shape index (κ2) is 6.96. The van der Waals surface area contributed by atoms with Crippen LogP contribution < -0.4 is 0 Å². The average Bonchev–Trinajstić information content (AvgIpc) is 3.22. The highest BCUT2D eigenvalue weighted by molar-refractivity contribution is 5.24. The van der Waals surface area contributed by atoms with E-state index in [0.717, 1.165) is 48.3 Å². The molecule has 0 aromatic rings. The normalized spacial score (nSPS) is 54.3. The molecule has 10 atom stereocenters. The van der Waals surface area contributed by atoms with Crippen LogP contribution in [-0.4, -0.2) is 22.9 Å². The summed E-state index contributed by atoms with van der Waals surface area (Å²) in [5, 5.41) is 10.4. The van der Waals surface area contributed by atoms with Crippen molar-refractivity contribution in [1.29, 1.82) is 0 Å². The van der Waals surface area contributed by atoms with Crippen molar-refractivity contribution in [2.45, 2.75) is 123 Å². The maximum Gasteiger partial charge on any atom is 0.103 e. The van der Waals surface area contributed by atoms with E-state index >= 15 is 0 Å². The third-order valence-electron chi connectivity index (χ3n) is 11.3. The minimum atomic E-state index is -0.124. The van der Waals surface area contributed by atoms with Gasteiger partial charge in [0.15, 0.2) is 0 Å². The standard InChI is InChI=1S/C27H46O2/c1-17(2)7-6-8-18(3)21-9-10-22-20-15-24-27(29-24)16-19(28)11-14-26(27,5)23(20)12-13-25(21,22)4/h17-24,28H,6-16H2,1-5H3/t18-,19-,20+,21+,22-,23+,24-,25+,26+,27-/m0/s1. The molecule has 0 aromatic heterocycles. The minimum absolute atomic E-state index is 0.0434. The highest BCUT2D eigenvalue weighted by Gasteiger charge is 2.76. The second-order valence-electron chi connectivity index (χ2n) is 13.0. The highest BCUT2D eigenvalue weighted by Crippen LogP contribution is 2.74. The number of ether oxygens (including phenoxy) is 1. The summed E-state index contributed by atoms with van der Waals surface area (Å²) in [6.45, 7) is 12.6. The Hall–Kier alpha value is -0.0800. The number of fused-ring (bicyclic) bond motifs is 4. The molecule has 0 radical (unpaired) electrons. The van der Waals surface area contributed by atoms with Crippen molar-refractivity contribution in [2.75, 3.05) is 0 Å². The molecule has 0 amide bonds. The first-order chi connectivity index (χ1) is 13.7. The van der Waals surface area contributed by atoms with Gasteiger partial charge in [-0.1, -0.05) is 53.9 Å². The molecule has 2 heteroatoms. The van der Waals surface area contributed by atoms with Crippen molar-refractivity contribution < 1.29 is 9.84 Å². The third kappa shape index (κ3) is 2.94. The lowest BCUT2D eigenvalue weighted by Crippen LogP contribution is -2.58. The minimum Gasteiger partial charge on any atom is -0.393 e. The summed E-state index contributed by atoms with van der Waals surface area (Å²) in [4.78, 5) is 0. The zero-order valence-electron chi connectivity index (χ0n) is 19.8. The van der Waals surface area contributed by atoms with E-state index in [-0.39, 0.29) is 11.7 Å². The van der Waals surface area contributed by atoms with Crippen molar-refractivity contribution in [2.24, 2.45) is 46.3 Å². The Kier molecular flexibility index (Phi) is 4.99. The van der Waals surface area contributed by atoms with Crippen LogP contribution in [0.3, 0.4) is 0 Å². The van der Waals surface area contributed by atoms with E-state index in [1.165, 1.54) is 57.8 Å². The van der Waals surface area contributed by atoms with E-state index in [1.54, 1.807) is 0 Å². The van der Waals surface area contributed by atoms with Gasteiger partial charge in [0, 0.05) is 11.8 Å². The van der Waals surface area contributed by atoms with E-state index in [9.17, 15) is 5.11 Å². The van der Waals surface area contributed by atoms with E-state index < -0.39 is 0 Å². The molecule has 5 fully saturated rings. The molecule has 0 aromatic carbocycles. The molecule has 1 N–H and O–H groups in total. The lowest BCUT2D eigenvalue weighted by Gasteiger charge is -2.59. The van der Waals surface area contributed by atoms with Crippen molar-refractivity contribution in [3.63, 3.8) is 0 Å². The maximum atomic E-state index is 10.4. The van der Waals surface area contributed by atoms with Crippen molar-refractivity contribution in [3.8, 4) is 0 Å². The van der Waals surface area contributed by atoms with E-state index in [0.29, 0.717) is 16.9 Å². The summed E-state index contributed by atoms with van der Waals surface area (Å²) in [7, 11) is 0. The van der Waals surface area contributed by atoms with Gasteiger partial charge in [-0.15, -0.1) is 0 Å². The smallest absolute Gasteiger partial charge is 0.103 e. The lowest BCUT2D eigenvalue weighted by molar-refractivity contribution is -0.116. The number of hydrogen-bond acceptors (Lipinski definition) is 2. The molecular formula is C27H46O2. The van der Waals surface area contributed by atoms with Crippen molar-refractivity contribution in [1.82, 2.24) is 0 Å². The number of epoxide rings is 1. The van der Waals surface area contributed by atoms with Gasteiger partial charge in [0.1, 0.15) is 5.60 Å². The van der Waals surface area contributed by atoms with Crippen LogP contribution in [-0.2, 0) is 4.74 Å². The summed E-state index contributed by atoms with van der Waals surface area (Å²) >= 11 is 0. The van der Waals surface area contributed by atoms with Crippen molar-refractivity contribution >= 4 is 0 Å². The zero-order valence-corrected chi connectivity index (χ0v) is 19.8. The summed E-state index contributed by atoms with van der Waals surface area (Å²) in [6.07, 6.45) is 14.8. The first-order valence-electron chi connectivity index (χ1n) is 13.1. The van der Waals surface area contributed by atoms with Crippen LogP contribution in [0.25, 0.3) is 0 Å². The fourth-order valence-electron chi connectivity index (χ4n) is 9.68. The fraction of sp³-hybridized carbons (Fsp3) is 1.00. The second-order valence-corrected chi connectivity index (χ2v) is 13.0. The van der Waals surface area contributed by atoms with Gasteiger partial charge in [-0.3, -0.25) is 0 Å². The fourth-order valence-corrected chi connectivity index (χ4v) is 9.68. The molecule has 166 valence electrons. The summed E-state index contributed by atoms with van der Waals surface area (Å²) in [5.74, 6) is 5.31. The van der Waals surface area contributed by atoms with Gasteiger partial charge in [-0.25, -0.2) is 0 Å². The first-order valence-corrected chi connectivity index (χ1v) is 13.1. The topological polar surface area (TPSA) is 32.8 Å². The Balaban J connectivity index is 1.33. The molecule has 0 unspecified atom stereocenters. The van der Waals surface area contributed by atoms with Gasteiger partial charge < -0.3 is 9.84 Å². The Morgan fingerprint density at radius 1 is 0.966 bits per heavy atom. The predicted molar refractivity (Wildman–Crippen MR) is 119 cm³/mol. The van der Waals surface area contributed by atoms with E-state index in [2.05, 4.69) is 34.6 Å². The molecule has 4 aliphatic carbocycles. The van der Waals surface area contributed by atoms with Gasteiger partial charge in [-0.2, -0.15) is 0 Å². The summed E-state index contributed by atoms with van der Waals surface area (Å²) < 4.78 is 6.51. The zero-order chi connectivity index (χ0) is 20.6. The summed E-state index contributed by atoms with van der Waals surface area (Å²) in [5.41, 5.74) is 0.932. The van der Waals surface area contributed by atoms with Crippen LogP contribution in [0, 0.1) is 46.3 Å². The molecule has 29 heavy (non-hydrogen) atoms. The lowest BCUT2D eigenvalue weighted by atomic mass is 9.44. The molecule has 1 aliphatic heterocycles. The largest absolute Gasteiger partial charge is 0.393 e. The average molecular weight is 403 g/mol. The first kappa shape index (κ1) is 20.8. The molecule has 5 rings (SSSR count). The molecule has 1 spiro atoms. The number of hydrogen-bond donors (Lipinski definition) is 1. The molecular weight excluding hydrogens is 356 g/mol. The molecule has 4 saturated carbocycles. The van der Waals surface area contributed by atoms with Crippen LogP contribution in [0.2, 0.25) is 0 Å². The Morgan fingerprint density at radius 3 is 2.52 bits per heavy atom. The molecule has 5 aliphatic rings. The molecule has 1 saturated heterocycles. The monoisotopic (exact) mass is 402 g/mol. The van der Waals surface area contributed by atoms with Gasteiger partial charge in [0.25, 0.3) is 0 Å². The Bertz CT molecular complexity index is 630. The summed E-state index contributed by atoms with van der Waals surface area (Å²) in [6, 6.07) is 0. The Morgan fingerprint density at radius 2 is 1.76 bits per heavy atom. The quantitative estimate of drug-likeness (QED) is 0.525. The SMILES string of the molecule is CC(C)CCC[C@H](C)[C@H]1CC[C@H]2[C@H]3C[C@@H]4O[C@@]45C[C@@H](O)CC[C@]5(C)[C@@H]3CC[C@]12C. The van der Waals surface area contributed by atoms with Crippen LogP contribution in [0.1, 0.15) is 105 Å². The maximum absolute atomic E-state index is 10.4. The van der Waals surface area contributed by atoms with E-state index in [1.807, 2.05) is 0 Å². The third-order valence-corrected chi connectivity index (χ3v) is 11.3. The Labute approximate surface area is 179 Å². The van der Waals surface area contributed by atoms with Gasteiger partial charge in [-0.05, 0) is 85.9 Å². The van der Waals surface area contributed by atoms with Crippen LogP contribution in [0.4, 0.5) is 0 Å². The predicted octanol–water partition coefficient (Wildman–Crippen LogP) is 6.60. The van der Waals surface area contributed by atoms with Crippen molar-refractivity contribution in [3.05, 3.63) is 0 Å². The molecule has 1 heterocycles. The van der Waals surface area contributed by atoms with E-state index in [4.69, 9.17) is 4.74 Å². The number of aliphatic hydroxyl groups excluding tert-OH is 1. The van der Waals surface area contributed by atoms with Gasteiger partial charge >= 0.3 is 0 Å². The van der Waals surface area contributed by atoms with Crippen LogP contribution in [0.5, 0.6) is 0 Å². The van der Waals surface area contributed by atoms with Crippen LogP contribution >= 0.6 is 0 Å². The van der Waals surface area contributed by atoms with Gasteiger partial charge in [0.2, 0.25) is 0 Å². The number of rotatable bonds is 5. The van der Waals surface area contributed by atoms with Gasteiger partial charge in [0.05, 0.1) is 12.2 Å².